The highest BCUT2D eigenvalue weighted by Crippen LogP contribution is 2.29. The second kappa shape index (κ2) is 4.29. The van der Waals surface area contributed by atoms with Gasteiger partial charge in [0.1, 0.15) is 0 Å². The highest BCUT2D eigenvalue weighted by molar-refractivity contribution is 7.18. The first kappa shape index (κ1) is 10.6. The van der Waals surface area contributed by atoms with Gasteiger partial charge >= 0.3 is 0 Å². The summed E-state index contributed by atoms with van der Waals surface area (Å²) in [6.07, 6.45) is 0.942. The van der Waals surface area contributed by atoms with Crippen LogP contribution in [0.15, 0.2) is 18.2 Å². The van der Waals surface area contributed by atoms with Crippen LogP contribution in [0.4, 0.5) is 0 Å². The highest BCUT2D eigenvalue weighted by atomic mass is 32.1. The Balaban J connectivity index is 2.54. The van der Waals surface area contributed by atoms with Gasteiger partial charge in [0.25, 0.3) is 0 Å². The molecular formula is C12H16N2S. The van der Waals surface area contributed by atoms with Gasteiger partial charge < -0.3 is 5.73 Å². The fourth-order valence-electron chi connectivity index (χ4n) is 1.62. The number of fused-ring (bicyclic) bond motifs is 1. The van der Waals surface area contributed by atoms with Crippen LogP contribution in [0.2, 0.25) is 0 Å². The van der Waals surface area contributed by atoms with Gasteiger partial charge in [0.2, 0.25) is 0 Å². The Bertz CT molecular complexity index is 460. The Morgan fingerprint density at radius 1 is 1.40 bits per heavy atom. The average molecular weight is 220 g/mol. The minimum atomic E-state index is 0.508. The van der Waals surface area contributed by atoms with Crippen molar-refractivity contribution in [2.24, 2.45) is 5.73 Å². The number of hydrogen-bond donors (Lipinski definition) is 1. The minimum Gasteiger partial charge on any atom is -0.330 e. The number of benzene rings is 1. The molecule has 0 unspecified atom stereocenters. The Morgan fingerprint density at radius 3 is 2.87 bits per heavy atom. The van der Waals surface area contributed by atoms with Crippen LogP contribution in [0, 0.1) is 0 Å². The summed E-state index contributed by atoms with van der Waals surface area (Å²) in [7, 11) is 0. The summed E-state index contributed by atoms with van der Waals surface area (Å²) in [6.45, 7) is 5.06. The highest BCUT2D eigenvalue weighted by Gasteiger charge is 2.09. The van der Waals surface area contributed by atoms with Gasteiger partial charge in [0, 0.05) is 5.92 Å². The van der Waals surface area contributed by atoms with Gasteiger partial charge in [-0.25, -0.2) is 4.98 Å². The molecule has 0 saturated carbocycles. The molecule has 2 N–H and O–H groups in total. The van der Waals surface area contributed by atoms with Gasteiger partial charge in [-0.15, -0.1) is 11.3 Å². The van der Waals surface area contributed by atoms with E-state index in [1.807, 2.05) is 0 Å². The molecule has 0 aliphatic heterocycles. The largest absolute Gasteiger partial charge is 0.330 e. The molecule has 0 fully saturated rings. The molecule has 0 atom stereocenters. The predicted octanol–water partition coefficient (Wildman–Crippen LogP) is 2.92. The molecule has 0 aliphatic rings. The molecule has 0 spiro atoms. The maximum absolute atomic E-state index is 5.60. The van der Waals surface area contributed by atoms with Crippen molar-refractivity contribution in [3.8, 4) is 0 Å². The van der Waals surface area contributed by atoms with Gasteiger partial charge in [-0.3, -0.25) is 0 Å². The second-order valence-corrected chi connectivity index (χ2v) is 5.04. The minimum absolute atomic E-state index is 0.508. The number of nitrogens with two attached hydrogens (primary N) is 1. The summed E-state index contributed by atoms with van der Waals surface area (Å²) in [5, 5.41) is 1.22. The SMILES string of the molecule is CC(C)c1nc2cccc(CCN)c2s1. The van der Waals surface area contributed by atoms with E-state index in [0.29, 0.717) is 12.5 Å². The Morgan fingerprint density at radius 2 is 2.20 bits per heavy atom. The Kier molecular flexibility index (Phi) is 3.03. The third-order valence-corrected chi connectivity index (χ3v) is 3.87. The normalized spacial score (nSPS) is 11.5. The van der Waals surface area contributed by atoms with Crippen LogP contribution < -0.4 is 5.73 Å². The molecule has 2 aromatic rings. The first-order chi connectivity index (χ1) is 7.22. The van der Waals surface area contributed by atoms with Crippen molar-refractivity contribution < 1.29 is 0 Å². The van der Waals surface area contributed by atoms with Crippen molar-refractivity contribution in [1.29, 1.82) is 0 Å². The van der Waals surface area contributed by atoms with E-state index >= 15 is 0 Å². The zero-order valence-corrected chi connectivity index (χ0v) is 9.97. The monoisotopic (exact) mass is 220 g/mol. The van der Waals surface area contributed by atoms with E-state index < -0.39 is 0 Å². The molecule has 0 bridgehead atoms. The lowest BCUT2D eigenvalue weighted by Gasteiger charge is -1.98. The van der Waals surface area contributed by atoms with Gasteiger partial charge in [0.05, 0.1) is 15.2 Å². The summed E-state index contributed by atoms with van der Waals surface area (Å²) in [5.74, 6) is 0.508. The van der Waals surface area contributed by atoms with E-state index in [2.05, 4.69) is 37.0 Å². The molecule has 80 valence electrons. The van der Waals surface area contributed by atoms with Crippen molar-refractivity contribution >= 4 is 21.6 Å². The second-order valence-electron chi connectivity index (χ2n) is 4.01. The summed E-state index contributed by atoms with van der Waals surface area (Å²) >= 11 is 1.81. The molecule has 3 heteroatoms. The van der Waals surface area contributed by atoms with E-state index in [1.54, 1.807) is 11.3 Å². The zero-order valence-electron chi connectivity index (χ0n) is 9.16. The molecule has 0 aliphatic carbocycles. The van der Waals surface area contributed by atoms with Gasteiger partial charge in [-0.2, -0.15) is 0 Å². The fourth-order valence-corrected chi connectivity index (χ4v) is 2.73. The van der Waals surface area contributed by atoms with Crippen molar-refractivity contribution in [3.05, 3.63) is 28.8 Å². The first-order valence-corrected chi connectivity index (χ1v) is 6.12. The molecule has 1 heterocycles. The molecule has 2 rings (SSSR count). The summed E-state index contributed by atoms with van der Waals surface area (Å²) < 4.78 is 1.31. The Hall–Kier alpha value is -0.930. The first-order valence-electron chi connectivity index (χ1n) is 5.30. The fraction of sp³-hybridized carbons (Fsp3) is 0.417. The number of aromatic nitrogens is 1. The topological polar surface area (TPSA) is 38.9 Å². The molecule has 1 aromatic carbocycles. The lowest BCUT2D eigenvalue weighted by atomic mass is 10.1. The van der Waals surface area contributed by atoms with Gasteiger partial charge in [-0.1, -0.05) is 26.0 Å². The quantitative estimate of drug-likeness (QED) is 0.863. The van der Waals surface area contributed by atoms with Crippen molar-refractivity contribution in [2.45, 2.75) is 26.2 Å². The van der Waals surface area contributed by atoms with E-state index in [4.69, 9.17) is 5.73 Å². The third kappa shape index (κ3) is 2.03. The predicted molar refractivity (Wildman–Crippen MR) is 66.5 cm³/mol. The van der Waals surface area contributed by atoms with Crippen LogP contribution in [0.1, 0.15) is 30.3 Å². The zero-order chi connectivity index (χ0) is 10.8. The van der Waals surface area contributed by atoms with Crippen LogP contribution >= 0.6 is 11.3 Å². The maximum Gasteiger partial charge on any atom is 0.0964 e. The standard InChI is InChI=1S/C12H16N2S/c1-8(2)12-14-10-5-3-4-9(6-7-13)11(10)15-12/h3-5,8H,6-7,13H2,1-2H3. The van der Waals surface area contributed by atoms with Crippen LogP contribution in [0.25, 0.3) is 10.2 Å². The number of thiazole rings is 1. The molecule has 1 aromatic heterocycles. The van der Waals surface area contributed by atoms with Gasteiger partial charge in [0.15, 0.2) is 0 Å². The summed E-state index contributed by atoms with van der Waals surface area (Å²) in [5.41, 5.74) is 8.06. The third-order valence-electron chi connectivity index (χ3n) is 2.42. The maximum atomic E-state index is 5.60. The van der Waals surface area contributed by atoms with Crippen molar-refractivity contribution in [3.63, 3.8) is 0 Å². The summed E-state index contributed by atoms with van der Waals surface area (Å²) in [6, 6.07) is 6.30. The molecular weight excluding hydrogens is 204 g/mol. The van der Waals surface area contributed by atoms with Crippen LogP contribution in [-0.4, -0.2) is 11.5 Å². The lowest BCUT2D eigenvalue weighted by Crippen LogP contribution is -2.02. The van der Waals surface area contributed by atoms with Crippen LogP contribution in [0.5, 0.6) is 0 Å². The lowest BCUT2D eigenvalue weighted by molar-refractivity contribution is 0.857. The van der Waals surface area contributed by atoms with Crippen molar-refractivity contribution in [1.82, 2.24) is 4.98 Å². The molecule has 0 saturated heterocycles. The van der Waals surface area contributed by atoms with Gasteiger partial charge in [-0.05, 0) is 24.6 Å². The Labute approximate surface area is 94.1 Å². The van der Waals surface area contributed by atoms with Crippen LogP contribution in [0.3, 0.4) is 0 Å². The number of rotatable bonds is 3. The van der Waals surface area contributed by atoms with E-state index in [1.165, 1.54) is 15.3 Å². The number of hydrogen-bond acceptors (Lipinski definition) is 3. The summed E-state index contributed by atoms with van der Waals surface area (Å²) in [4.78, 5) is 4.63. The molecule has 15 heavy (non-hydrogen) atoms. The number of nitrogens with zero attached hydrogens (tertiary/aromatic N) is 1. The molecule has 0 radical (unpaired) electrons. The van der Waals surface area contributed by atoms with Crippen LogP contribution in [-0.2, 0) is 6.42 Å². The molecule has 0 amide bonds. The van der Waals surface area contributed by atoms with Crippen molar-refractivity contribution in [2.75, 3.05) is 6.54 Å². The van der Waals surface area contributed by atoms with E-state index in [9.17, 15) is 0 Å². The molecule has 2 nitrogen and oxygen atoms in total. The van der Waals surface area contributed by atoms with E-state index in [0.717, 1.165) is 11.9 Å². The smallest absolute Gasteiger partial charge is 0.0964 e. The average Bonchev–Trinajstić information content (AvgIpc) is 2.63. The van der Waals surface area contributed by atoms with E-state index in [-0.39, 0.29) is 0 Å².